The smallest absolute Gasteiger partial charge is 0.309 e. The molecule has 0 amide bonds. The predicted octanol–water partition coefficient (Wildman–Crippen LogP) is 3.08. The highest BCUT2D eigenvalue weighted by molar-refractivity contribution is 7.98. The van der Waals surface area contributed by atoms with Crippen LogP contribution in [0.5, 0.6) is 0 Å². The van der Waals surface area contributed by atoms with Gasteiger partial charge in [0, 0.05) is 17.0 Å². The fraction of sp³-hybridized carbons (Fsp3) is 0.333. The number of nitrogens with one attached hydrogen (secondary N) is 1. The Balaban J connectivity index is 1.86. The first kappa shape index (κ1) is 13.4. The highest BCUT2D eigenvalue weighted by atomic mass is 32.2. The summed E-state index contributed by atoms with van der Waals surface area (Å²) in [5.74, 6) is 0.286. The molecule has 3 nitrogen and oxygen atoms in total. The van der Waals surface area contributed by atoms with Gasteiger partial charge in [-0.05, 0) is 37.3 Å². The second-order valence-corrected chi connectivity index (χ2v) is 5.86. The van der Waals surface area contributed by atoms with Gasteiger partial charge < -0.3 is 4.98 Å². The van der Waals surface area contributed by atoms with Crippen molar-refractivity contribution in [2.45, 2.75) is 36.5 Å². The molecule has 3 rings (SSSR count). The van der Waals surface area contributed by atoms with Crippen LogP contribution in [0, 0.1) is 5.82 Å². The fourth-order valence-electron chi connectivity index (χ4n) is 2.48. The summed E-state index contributed by atoms with van der Waals surface area (Å²) in [6.07, 6.45) is 4.07. The standard InChI is InChI=1S/C15H15FN2OS/c16-12-7-3-1-5-10(12)9-20-14-11-6-2-4-8-13(11)17-15(19)18-14/h1,3,5,7H,2,4,6,8-9H2,(H,17,18,19). The number of halogens is 1. The Morgan fingerprint density at radius 2 is 2.05 bits per heavy atom. The van der Waals surface area contributed by atoms with Crippen LogP contribution < -0.4 is 5.69 Å². The maximum absolute atomic E-state index is 13.6. The van der Waals surface area contributed by atoms with Crippen LogP contribution in [0.4, 0.5) is 4.39 Å². The van der Waals surface area contributed by atoms with Crippen molar-refractivity contribution in [1.29, 1.82) is 0 Å². The van der Waals surface area contributed by atoms with Crippen molar-refractivity contribution >= 4 is 11.8 Å². The van der Waals surface area contributed by atoms with E-state index in [2.05, 4.69) is 9.97 Å². The number of aromatic amines is 1. The number of thioether (sulfide) groups is 1. The number of aromatic nitrogens is 2. The lowest BCUT2D eigenvalue weighted by Crippen LogP contribution is -2.19. The minimum atomic E-state index is -0.304. The number of H-pyrrole nitrogens is 1. The first-order valence-electron chi connectivity index (χ1n) is 6.72. The number of nitrogens with zero attached hydrogens (tertiary/aromatic N) is 1. The number of hydrogen-bond donors (Lipinski definition) is 1. The molecule has 0 bridgehead atoms. The summed E-state index contributed by atoms with van der Waals surface area (Å²) >= 11 is 1.45. The van der Waals surface area contributed by atoms with Gasteiger partial charge in [-0.25, -0.2) is 9.18 Å². The molecule has 0 radical (unpaired) electrons. The molecule has 0 atom stereocenters. The summed E-state index contributed by atoms with van der Waals surface area (Å²) in [7, 11) is 0. The summed E-state index contributed by atoms with van der Waals surface area (Å²) in [5, 5.41) is 0.756. The minimum absolute atomic E-state index is 0.210. The summed E-state index contributed by atoms with van der Waals surface area (Å²) < 4.78 is 13.6. The molecule has 0 saturated carbocycles. The topological polar surface area (TPSA) is 45.8 Å². The van der Waals surface area contributed by atoms with Crippen LogP contribution >= 0.6 is 11.8 Å². The van der Waals surface area contributed by atoms with Gasteiger partial charge in [0.1, 0.15) is 10.8 Å². The number of rotatable bonds is 3. The highest BCUT2D eigenvalue weighted by Gasteiger charge is 2.16. The SMILES string of the molecule is O=c1nc(SCc2ccccc2F)c2c([nH]1)CCCC2. The number of fused-ring (bicyclic) bond motifs is 1. The lowest BCUT2D eigenvalue weighted by Gasteiger charge is -2.17. The number of benzene rings is 1. The van der Waals surface area contributed by atoms with E-state index in [-0.39, 0.29) is 11.5 Å². The van der Waals surface area contributed by atoms with E-state index in [1.807, 2.05) is 6.07 Å². The molecule has 5 heteroatoms. The maximum atomic E-state index is 13.6. The molecule has 0 saturated heterocycles. The van der Waals surface area contributed by atoms with Crippen LogP contribution in [-0.4, -0.2) is 9.97 Å². The Bertz CT molecular complexity index is 684. The van der Waals surface area contributed by atoms with E-state index in [1.54, 1.807) is 12.1 Å². The molecule has 2 aromatic rings. The molecule has 0 spiro atoms. The van der Waals surface area contributed by atoms with Crippen molar-refractivity contribution in [3.8, 4) is 0 Å². The van der Waals surface area contributed by atoms with Crippen LogP contribution in [0.2, 0.25) is 0 Å². The largest absolute Gasteiger partial charge is 0.346 e. The van der Waals surface area contributed by atoms with E-state index in [1.165, 1.54) is 17.8 Å². The van der Waals surface area contributed by atoms with Gasteiger partial charge in [0.2, 0.25) is 0 Å². The summed E-state index contributed by atoms with van der Waals surface area (Å²) in [5.41, 5.74) is 2.48. The second kappa shape index (κ2) is 5.79. The molecule has 0 aliphatic heterocycles. The lowest BCUT2D eigenvalue weighted by atomic mass is 9.98. The fourth-order valence-corrected chi connectivity index (χ4v) is 3.55. The van der Waals surface area contributed by atoms with E-state index in [0.29, 0.717) is 11.3 Å². The van der Waals surface area contributed by atoms with E-state index in [0.717, 1.165) is 42.0 Å². The minimum Gasteiger partial charge on any atom is -0.309 e. The van der Waals surface area contributed by atoms with Crippen molar-refractivity contribution in [2.75, 3.05) is 0 Å². The van der Waals surface area contributed by atoms with E-state index >= 15 is 0 Å². The Labute approximate surface area is 120 Å². The van der Waals surface area contributed by atoms with Crippen LogP contribution in [0.1, 0.15) is 29.7 Å². The quantitative estimate of drug-likeness (QED) is 0.698. The molecule has 0 unspecified atom stereocenters. The van der Waals surface area contributed by atoms with Crippen LogP contribution in [0.25, 0.3) is 0 Å². The third-order valence-electron chi connectivity index (χ3n) is 3.51. The molecule has 1 aromatic carbocycles. The molecular weight excluding hydrogens is 275 g/mol. The molecule has 1 aliphatic rings. The molecule has 1 aliphatic carbocycles. The maximum Gasteiger partial charge on any atom is 0.346 e. The van der Waals surface area contributed by atoms with E-state index in [4.69, 9.17) is 0 Å². The second-order valence-electron chi connectivity index (χ2n) is 4.89. The van der Waals surface area contributed by atoms with Gasteiger partial charge in [-0.1, -0.05) is 18.2 Å². The molecule has 1 N–H and O–H groups in total. The Hall–Kier alpha value is -1.62. The third-order valence-corrected chi connectivity index (χ3v) is 4.58. The first-order chi connectivity index (χ1) is 9.74. The predicted molar refractivity (Wildman–Crippen MR) is 77.5 cm³/mol. The number of aryl methyl sites for hydroxylation is 1. The Morgan fingerprint density at radius 1 is 1.25 bits per heavy atom. The molecule has 1 heterocycles. The molecular formula is C15H15FN2OS. The van der Waals surface area contributed by atoms with Gasteiger partial charge >= 0.3 is 5.69 Å². The average Bonchev–Trinajstić information content (AvgIpc) is 2.46. The van der Waals surface area contributed by atoms with Gasteiger partial charge in [0.25, 0.3) is 0 Å². The van der Waals surface area contributed by atoms with Gasteiger partial charge in [-0.15, -0.1) is 11.8 Å². The van der Waals surface area contributed by atoms with Crippen molar-refractivity contribution in [3.05, 3.63) is 57.4 Å². The van der Waals surface area contributed by atoms with Crippen molar-refractivity contribution < 1.29 is 4.39 Å². The highest BCUT2D eigenvalue weighted by Crippen LogP contribution is 2.29. The first-order valence-corrected chi connectivity index (χ1v) is 7.71. The van der Waals surface area contributed by atoms with E-state index in [9.17, 15) is 9.18 Å². The zero-order valence-corrected chi connectivity index (χ0v) is 11.8. The summed E-state index contributed by atoms with van der Waals surface area (Å²) in [6.45, 7) is 0. The third kappa shape index (κ3) is 2.77. The van der Waals surface area contributed by atoms with Crippen LogP contribution in [0.3, 0.4) is 0 Å². The Morgan fingerprint density at radius 3 is 2.90 bits per heavy atom. The van der Waals surface area contributed by atoms with E-state index < -0.39 is 0 Å². The van der Waals surface area contributed by atoms with Crippen molar-refractivity contribution in [1.82, 2.24) is 9.97 Å². The van der Waals surface area contributed by atoms with Crippen molar-refractivity contribution in [3.63, 3.8) is 0 Å². The zero-order valence-electron chi connectivity index (χ0n) is 11.0. The average molecular weight is 290 g/mol. The summed E-state index contributed by atoms with van der Waals surface area (Å²) in [6, 6.07) is 6.72. The van der Waals surface area contributed by atoms with Gasteiger partial charge in [0.15, 0.2) is 0 Å². The van der Waals surface area contributed by atoms with Gasteiger partial charge in [-0.3, -0.25) is 0 Å². The zero-order chi connectivity index (χ0) is 13.9. The van der Waals surface area contributed by atoms with Crippen LogP contribution in [-0.2, 0) is 18.6 Å². The lowest BCUT2D eigenvalue weighted by molar-refractivity contribution is 0.617. The van der Waals surface area contributed by atoms with Crippen LogP contribution in [0.15, 0.2) is 34.1 Å². The molecule has 0 fully saturated rings. The van der Waals surface area contributed by atoms with Gasteiger partial charge in [-0.2, -0.15) is 4.98 Å². The van der Waals surface area contributed by atoms with Crippen molar-refractivity contribution in [2.24, 2.45) is 0 Å². The van der Waals surface area contributed by atoms with Gasteiger partial charge in [0.05, 0.1) is 0 Å². The monoisotopic (exact) mass is 290 g/mol. The normalized spacial score (nSPS) is 14.1. The number of hydrogen-bond acceptors (Lipinski definition) is 3. The molecule has 104 valence electrons. The molecule has 20 heavy (non-hydrogen) atoms. The molecule has 1 aromatic heterocycles. The summed E-state index contributed by atoms with van der Waals surface area (Å²) in [4.78, 5) is 18.5. The Kier molecular flexibility index (Phi) is 3.87.